The van der Waals surface area contributed by atoms with Gasteiger partial charge in [-0.15, -0.1) is 0 Å². The normalized spacial score (nSPS) is 11.4. The number of carbonyl (C=O) groups is 1. The molecule has 1 aromatic carbocycles. The lowest BCUT2D eigenvalue weighted by Crippen LogP contribution is -2.42. The maximum absolute atomic E-state index is 12.8. The van der Waals surface area contributed by atoms with E-state index in [0.29, 0.717) is 25.6 Å². The number of hydrogen-bond acceptors (Lipinski definition) is 2. The molecule has 0 aliphatic carbocycles. The lowest BCUT2D eigenvalue weighted by molar-refractivity contribution is -0.123. The third kappa shape index (κ3) is 7.06. The Morgan fingerprint density at radius 1 is 1.14 bits per heavy atom. The van der Waals surface area contributed by atoms with Gasteiger partial charge < -0.3 is 16.0 Å². The van der Waals surface area contributed by atoms with Crippen LogP contribution >= 0.6 is 0 Å². The van der Waals surface area contributed by atoms with Crippen molar-refractivity contribution in [2.75, 3.05) is 19.6 Å². The van der Waals surface area contributed by atoms with Crippen molar-refractivity contribution in [3.8, 4) is 0 Å². The van der Waals surface area contributed by atoms with E-state index in [1.807, 2.05) is 20.8 Å². The van der Waals surface area contributed by atoms with Gasteiger partial charge in [0.1, 0.15) is 5.82 Å². The predicted molar refractivity (Wildman–Crippen MR) is 87.1 cm³/mol. The number of halogens is 1. The monoisotopic (exact) mass is 308 g/mol. The number of nitrogens with one attached hydrogen (secondary N) is 3. The molecule has 0 heterocycles. The molecule has 0 bridgehead atoms. The lowest BCUT2D eigenvalue weighted by atomic mass is 10.2. The maximum atomic E-state index is 12.8. The van der Waals surface area contributed by atoms with Crippen molar-refractivity contribution >= 4 is 11.9 Å². The number of aliphatic imine (C=N–C) groups is 1. The van der Waals surface area contributed by atoms with Crippen LogP contribution in [0.4, 0.5) is 4.39 Å². The molecular weight excluding hydrogens is 283 g/mol. The first-order valence-electron chi connectivity index (χ1n) is 7.57. The summed E-state index contributed by atoms with van der Waals surface area (Å²) in [5.41, 5.74) is 0.937. The largest absolute Gasteiger partial charge is 0.357 e. The molecule has 22 heavy (non-hydrogen) atoms. The molecule has 0 spiro atoms. The van der Waals surface area contributed by atoms with E-state index in [4.69, 9.17) is 0 Å². The Kier molecular flexibility index (Phi) is 7.96. The van der Waals surface area contributed by atoms with E-state index in [2.05, 4.69) is 20.9 Å². The molecule has 0 atom stereocenters. The van der Waals surface area contributed by atoms with Crippen LogP contribution in [0, 0.1) is 11.7 Å². The molecule has 1 amide bonds. The number of benzene rings is 1. The van der Waals surface area contributed by atoms with Crippen LogP contribution in [0.2, 0.25) is 0 Å². The fraction of sp³-hybridized carbons (Fsp3) is 0.500. The highest BCUT2D eigenvalue weighted by Gasteiger charge is 2.05. The number of nitrogens with zero attached hydrogens (tertiary/aromatic N) is 1. The van der Waals surface area contributed by atoms with Crippen LogP contribution in [0.15, 0.2) is 29.3 Å². The van der Waals surface area contributed by atoms with Crippen molar-refractivity contribution in [3.63, 3.8) is 0 Å². The molecule has 0 saturated heterocycles. The molecule has 0 fully saturated rings. The Hall–Kier alpha value is -2.11. The second-order valence-corrected chi connectivity index (χ2v) is 5.19. The third-order valence-corrected chi connectivity index (χ3v) is 2.92. The van der Waals surface area contributed by atoms with Crippen molar-refractivity contribution in [1.82, 2.24) is 16.0 Å². The Balaban J connectivity index is 2.42. The highest BCUT2D eigenvalue weighted by Crippen LogP contribution is 2.03. The maximum Gasteiger partial charge on any atom is 0.222 e. The van der Waals surface area contributed by atoms with Crippen molar-refractivity contribution in [2.24, 2.45) is 10.9 Å². The van der Waals surface area contributed by atoms with E-state index in [9.17, 15) is 9.18 Å². The van der Waals surface area contributed by atoms with Crippen LogP contribution in [0.3, 0.4) is 0 Å². The van der Waals surface area contributed by atoms with Gasteiger partial charge in [-0.3, -0.25) is 4.79 Å². The summed E-state index contributed by atoms with van der Waals surface area (Å²) in [6, 6.07) is 6.27. The molecular formula is C16H25FN4O. The van der Waals surface area contributed by atoms with E-state index in [1.54, 1.807) is 12.1 Å². The first kappa shape index (κ1) is 17.9. The highest BCUT2D eigenvalue weighted by atomic mass is 19.1. The molecule has 0 aliphatic heterocycles. The van der Waals surface area contributed by atoms with Crippen LogP contribution in [-0.4, -0.2) is 31.5 Å². The molecule has 0 aliphatic rings. The fourth-order valence-corrected chi connectivity index (χ4v) is 1.67. The van der Waals surface area contributed by atoms with Gasteiger partial charge in [-0.25, -0.2) is 9.38 Å². The number of hydrogen-bond donors (Lipinski definition) is 3. The van der Waals surface area contributed by atoms with Crippen molar-refractivity contribution in [1.29, 1.82) is 0 Å². The first-order valence-corrected chi connectivity index (χ1v) is 7.57. The van der Waals surface area contributed by atoms with E-state index in [1.165, 1.54) is 12.1 Å². The molecule has 0 unspecified atom stereocenters. The minimum Gasteiger partial charge on any atom is -0.357 e. The fourth-order valence-electron chi connectivity index (χ4n) is 1.67. The summed E-state index contributed by atoms with van der Waals surface area (Å²) in [5.74, 6) is 0.444. The average molecular weight is 308 g/mol. The Morgan fingerprint density at radius 2 is 1.77 bits per heavy atom. The van der Waals surface area contributed by atoms with Crippen LogP contribution < -0.4 is 16.0 Å². The topological polar surface area (TPSA) is 65.5 Å². The lowest BCUT2D eigenvalue weighted by Gasteiger charge is -2.12. The van der Waals surface area contributed by atoms with Gasteiger partial charge in [0.2, 0.25) is 5.91 Å². The van der Waals surface area contributed by atoms with Crippen molar-refractivity contribution in [3.05, 3.63) is 35.6 Å². The summed E-state index contributed by atoms with van der Waals surface area (Å²) in [5, 5.41) is 9.11. The zero-order valence-electron chi connectivity index (χ0n) is 13.4. The Labute approximate surface area is 131 Å². The summed E-state index contributed by atoms with van der Waals surface area (Å²) < 4.78 is 12.8. The zero-order valence-corrected chi connectivity index (χ0v) is 13.4. The van der Waals surface area contributed by atoms with Crippen LogP contribution in [0.1, 0.15) is 26.3 Å². The van der Waals surface area contributed by atoms with Gasteiger partial charge in [0.25, 0.3) is 0 Å². The van der Waals surface area contributed by atoms with E-state index in [0.717, 1.165) is 12.1 Å². The number of carbonyl (C=O) groups excluding carboxylic acids is 1. The van der Waals surface area contributed by atoms with Gasteiger partial charge >= 0.3 is 0 Å². The summed E-state index contributed by atoms with van der Waals surface area (Å²) in [7, 11) is 0. The molecule has 3 N–H and O–H groups in total. The van der Waals surface area contributed by atoms with Gasteiger partial charge in [-0.2, -0.15) is 0 Å². The quantitative estimate of drug-likeness (QED) is 0.408. The standard InChI is InChI=1S/C16H25FN4O/c1-4-18-16(20-10-9-19-15(22)12(2)3)21-11-13-5-7-14(17)8-6-13/h5-8,12H,4,9-11H2,1-3H3,(H,19,22)(H2,18,20,21). The molecule has 0 aromatic heterocycles. The zero-order chi connectivity index (χ0) is 16.4. The van der Waals surface area contributed by atoms with Crippen LogP contribution in [0.25, 0.3) is 0 Å². The molecule has 6 heteroatoms. The summed E-state index contributed by atoms with van der Waals surface area (Å²) >= 11 is 0. The van der Waals surface area contributed by atoms with E-state index in [-0.39, 0.29) is 17.6 Å². The van der Waals surface area contributed by atoms with E-state index < -0.39 is 0 Å². The van der Waals surface area contributed by atoms with E-state index >= 15 is 0 Å². The third-order valence-electron chi connectivity index (χ3n) is 2.92. The van der Waals surface area contributed by atoms with Gasteiger partial charge in [0.15, 0.2) is 5.96 Å². The minimum atomic E-state index is -0.251. The second-order valence-electron chi connectivity index (χ2n) is 5.19. The number of guanidine groups is 1. The van der Waals surface area contributed by atoms with Gasteiger partial charge in [-0.05, 0) is 24.6 Å². The van der Waals surface area contributed by atoms with Crippen molar-refractivity contribution < 1.29 is 9.18 Å². The summed E-state index contributed by atoms with van der Waals surface area (Å²) in [6.45, 7) is 8.04. The minimum absolute atomic E-state index is 0.0135. The predicted octanol–water partition coefficient (Wildman–Crippen LogP) is 1.65. The van der Waals surface area contributed by atoms with Crippen LogP contribution in [-0.2, 0) is 11.3 Å². The summed E-state index contributed by atoms with van der Waals surface area (Å²) in [4.78, 5) is 15.9. The SMILES string of the molecule is CCNC(=NCc1ccc(F)cc1)NCCNC(=O)C(C)C. The van der Waals surface area contributed by atoms with Gasteiger partial charge in [0.05, 0.1) is 6.54 Å². The molecule has 1 aromatic rings. The van der Waals surface area contributed by atoms with Crippen LogP contribution in [0.5, 0.6) is 0 Å². The molecule has 122 valence electrons. The molecule has 5 nitrogen and oxygen atoms in total. The Bertz CT molecular complexity index is 485. The van der Waals surface area contributed by atoms with Gasteiger partial charge in [0, 0.05) is 25.6 Å². The highest BCUT2D eigenvalue weighted by molar-refractivity contribution is 5.80. The Morgan fingerprint density at radius 3 is 2.36 bits per heavy atom. The molecule has 0 radical (unpaired) electrons. The smallest absolute Gasteiger partial charge is 0.222 e. The summed E-state index contributed by atoms with van der Waals surface area (Å²) in [6.07, 6.45) is 0. The number of rotatable bonds is 7. The van der Waals surface area contributed by atoms with Crippen molar-refractivity contribution in [2.45, 2.75) is 27.3 Å². The second kappa shape index (κ2) is 9.76. The molecule has 1 rings (SSSR count). The first-order chi connectivity index (χ1) is 10.5. The molecule has 0 saturated carbocycles. The van der Waals surface area contributed by atoms with Gasteiger partial charge in [-0.1, -0.05) is 26.0 Å². The number of amides is 1. The average Bonchev–Trinajstić information content (AvgIpc) is 2.50.